The van der Waals surface area contributed by atoms with Gasteiger partial charge in [0, 0.05) is 44.1 Å². The zero-order chi connectivity index (χ0) is 18.9. The number of anilines is 1. The van der Waals surface area contributed by atoms with Crippen molar-refractivity contribution in [3.8, 4) is 6.07 Å². The van der Waals surface area contributed by atoms with Crippen molar-refractivity contribution in [3.05, 3.63) is 45.1 Å². The average Bonchev–Trinajstić information content (AvgIpc) is 2.64. The summed E-state index contributed by atoms with van der Waals surface area (Å²) in [6, 6.07) is 5.68. The Kier molecular flexibility index (Phi) is 7.35. The van der Waals surface area contributed by atoms with Gasteiger partial charge in [-0.25, -0.2) is 0 Å². The maximum absolute atomic E-state index is 12.1. The lowest BCUT2D eigenvalue weighted by Crippen LogP contribution is -2.39. The second kappa shape index (κ2) is 9.72. The monoisotopic (exact) mass is 379 g/mol. The number of ether oxygens (including phenoxy) is 1. The number of carbonyl (C=O) groups is 1. The number of morpholine rings is 1. The zero-order valence-electron chi connectivity index (χ0n) is 13.9. The van der Waals surface area contributed by atoms with E-state index in [1.54, 1.807) is 6.07 Å². The summed E-state index contributed by atoms with van der Waals surface area (Å²) in [6.45, 7) is 4.46. The molecule has 0 aromatic heterocycles. The molecule has 2 rings (SSSR count). The van der Waals surface area contributed by atoms with Crippen molar-refractivity contribution in [1.29, 1.82) is 5.26 Å². The molecule has 10 heteroatoms. The van der Waals surface area contributed by atoms with Crippen LogP contribution < -0.4 is 10.6 Å². The summed E-state index contributed by atoms with van der Waals surface area (Å²) in [4.78, 5) is 24.6. The van der Waals surface area contributed by atoms with Crippen LogP contribution in [0.25, 0.3) is 0 Å². The summed E-state index contributed by atoms with van der Waals surface area (Å²) in [7, 11) is 0. The van der Waals surface area contributed by atoms with E-state index in [0.29, 0.717) is 19.8 Å². The molecule has 1 aliphatic heterocycles. The van der Waals surface area contributed by atoms with Crippen molar-refractivity contribution in [2.75, 3.05) is 44.7 Å². The minimum atomic E-state index is -0.664. The fourth-order valence-electron chi connectivity index (χ4n) is 2.30. The molecule has 0 saturated carbocycles. The molecule has 0 bridgehead atoms. The van der Waals surface area contributed by atoms with Crippen LogP contribution in [0.5, 0.6) is 0 Å². The van der Waals surface area contributed by atoms with Gasteiger partial charge >= 0.3 is 0 Å². The summed E-state index contributed by atoms with van der Waals surface area (Å²) in [6.07, 6.45) is 1.33. The van der Waals surface area contributed by atoms with E-state index in [1.807, 2.05) is 0 Å². The number of nitrogens with zero attached hydrogens (tertiary/aromatic N) is 3. The molecule has 0 atom stereocenters. The number of nitrogens with one attached hydrogen (secondary N) is 2. The predicted molar refractivity (Wildman–Crippen MR) is 95.7 cm³/mol. The molecule has 1 amide bonds. The van der Waals surface area contributed by atoms with Gasteiger partial charge in [0.1, 0.15) is 16.7 Å². The lowest BCUT2D eigenvalue weighted by Gasteiger charge is -2.26. The minimum absolute atomic E-state index is 0.0335. The first-order chi connectivity index (χ1) is 12.5. The number of carbonyl (C=O) groups excluding carboxylic acids is 1. The average molecular weight is 380 g/mol. The van der Waals surface area contributed by atoms with Crippen molar-refractivity contribution in [1.82, 2.24) is 10.2 Å². The molecular weight excluding hydrogens is 362 g/mol. The summed E-state index contributed by atoms with van der Waals surface area (Å²) in [5.74, 6) is -0.664. The molecule has 0 radical (unpaired) electrons. The number of halogens is 1. The van der Waals surface area contributed by atoms with E-state index >= 15 is 0 Å². The molecule has 26 heavy (non-hydrogen) atoms. The molecule has 1 fully saturated rings. The summed E-state index contributed by atoms with van der Waals surface area (Å²) in [5, 5.41) is 25.4. The summed E-state index contributed by atoms with van der Waals surface area (Å²) < 4.78 is 5.26. The smallest absolute Gasteiger partial charge is 0.289 e. The van der Waals surface area contributed by atoms with Gasteiger partial charge in [-0.3, -0.25) is 19.8 Å². The van der Waals surface area contributed by atoms with Gasteiger partial charge in [-0.1, -0.05) is 11.6 Å². The molecular formula is C16H18ClN5O4. The maximum atomic E-state index is 12.1. The highest BCUT2D eigenvalue weighted by Crippen LogP contribution is 2.27. The van der Waals surface area contributed by atoms with E-state index in [0.717, 1.165) is 25.7 Å². The summed E-state index contributed by atoms with van der Waals surface area (Å²) in [5.41, 5.74) is -0.277. The Morgan fingerprint density at radius 3 is 2.85 bits per heavy atom. The van der Waals surface area contributed by atoms with Crippen LogP contribution in [0.3, 0.4) is 0 Å². The van der Waals surface area contributed by atoms with Crippen LogP contribution in [0.1, 0.15) is 0 Å². The summed E-state index contributed by atoms with van der Waals surface area (Å²) >= 11 is 5.73. The normalized spacial score (nSPS) is 15.2. The molecule has 0 aliphatic carbocycles. The predicted octanol–water partition coefficient (Wildman–Crippen LogP) is 1.52. The van der Waals surface area contributed by atoms with Gasteiger partial charge in [0.25, 0.3) is 11.6 Å². The van der Waals surface area contributed by atoms with Crippen molar-refractivity contribution in [3.63, 3.8) is 0 Å². The number of hydrogen-bond acceptors (Lipinski definition) is 7. The van der Waals surface area contributed by atoms with Crippen LogP contribution in [0.2, 0.25) is 5.02 Å². The largest absolute Gasteiger partial charge is 0.388 e. The molecule has 0 unspecified atom stereocenters. The van der Waals surface area contributed by atoms with E-state index in [1.165, 1.54) is 18.3 Å². The van der Waals surface area contributed by atoms with Gasteiger partial charge in [-0.15, -0.1) is 0 Å². The second-order valence-electron chi connectivity index (χ2n) is 5.46. The number of rotatable bonds is 7. The van der Waals surface area contributed by atoms with Crippen molar-refractivity contribution in [2.45, 2.75) is 0 Å². The molecule has 1 aliphatic rings. The Morgan fingerprint density at radius 1 is 1.46 bits per heavy atom. The van der Waals surface area contributed by atoms with E-state index in [4.69, 9.17) is 21.6 Å². The van der Waals surface area contributed by atoms with Gasteiger partial charge in [-0.2, -0.15) is 5.26 Å². The first-order valence-corrected chi connectivity index (χ1v) is 8.28. The Labute approximate surface area is 155 Å². The first kappa shape index (κ1) is 19.7. The third-order valence-electron chi connectivity index (χ3n) is 3.69. The zero-order valence-corrected chi connectivity index (χ0v) is 14.7. The Balaban J connectivity index is 1.90. The lowest BCUT2D eigenvalue weighted by molar-refractivity contribution is -0.384. The van der Waals surface area contributed by atoms with Crippen molar-refractivity contribution in [2.24, 2.45) is 0 Å². The van der Waals surface area contributed by atoms with Crippen LogP contribution in [0.15, 0.2) is 30.0 Å². The molecule has 0 spiro atoms. The van der Waals surface area contributed by atoms with Crippen molar-refractivity contribution >= 4 is 28.9 Å². The third-order valence-corrected chi connectivity index (χ3v) is 4.01. The Bertz CT molecular complexity index is 741. The van der Waals surface area contributed by atoms with Gasteiger partial charge in [0.15, 0.2) is 0 Å². The highest BCUT2D eigenvalue weighted by molar-refractivity contribution is 6.32. The van der Waals surface area contributed by atoms with Crippen LogP contribution in [-0.4, -0.2) is 55.1 Å². The Hall–Kier alpha value is -2.67. The number of nitro benzene ring substituents is 1. The van der Waals surface area contributed by atoms with Crippen LogP contribution in [0, 0.1) is 21.4 Å². The standard InChI is InChI=1S/C16H18ClN5O4/c17-14-2-1-13(9-15(14)22(24)25)20-16(23)12(10-18)11-19-3-4-21-5-7-26-8-6-21/h1-2,9,11,19H,3-8H2,(H,20,23)/b12-11-. The first-order valence-electron chi connectivity index (χ1n) is 7.90. The van der Waals surface area contributed by atoms with E-state index in [-0.39, 0.29) is 22.0 Å². The topological polar surface area (TPSA) is 121 Å². The number of benzene rings is 1. The van der Waals surface area contributed by atoms with Gasteiger partial charge in [-0.05, 0) is 12.1 Å². The van der Waals surface area contributed by atoms with E-state index in [2.05, 4.69) is 15.5 Å². The molecule has 2 N–H and O–H groups in total. The Morgan fingerprint density at radius 2 is 2.19 bits per heavy atom. The quantitative estimate of drug-likeness (QED) is 0.242. The van der Waals surface area contributed by atoms with Crippen LogP contribution >= 0.6 is 11.6 Å². The van der Waals surface area contributed by atoms with E-state index in [9.17, 15) is 14.9 Å². The van der Waals surface area contributed by atoms with Crippen molar-refractivity contribution < 1.29 is 14.5 Å². The fourth-order valence-corrected chi connectivity index (χ4v) is 2.49. The number of amides is 1. The molecule has 9 nitrogen and oxygen atoms in total. The molecule has 1 heterocycles. The maximum Gasteiger partial charge on any atom is 0.289 e. The highest BCUT2D eigenvalue weighted by Gasteiger charge is 2.15. The highest BCUT2D eigenvalue weighted by atomic mass is 35.5. The van der Waals surface area contributed by atoms with Gasteiger partial charge in [0.05, 0.1) is 18.1 Å². The SMILES string of the molecule is N#C/C(=C/NCCN1CCOCC1)C(=O)Nc1ccc(Cl)c([N+](=O)[O-])c1. The number of nitriles is 1. The van der Waals surface area contributed by atoms with Gasteiger partial charge < -0.3 is 15.4 Å². The molecule has 1 aromatic carbocycles. The molecule has 1 saturated heterocycles. The molecule has 1 aromatic rings. The van der Waals surface area contributed by atoms with Crippen LogP contribution in [0.4, 0.5) is 11.4 Å². The lowest BCUT2D eigenvalue weighted by atomic mass is 10.2. The van der Waals surface area contributed by atoms with E-state index < -0.39 is 10.8 Å². The van der Waals surface area contributed by atoms with Gasteiger partial charge in [0.2, 0.25) is 0 Å². The third kappa shape index (κ3) is 5.70. The minimum Gasteiger partial charge on any atom is -0.388 e. The van der Waals surface area contributed by atoms with Crippen LogP contribution in [-0.2, 0) is 9.53 Å². The number of nitro groups is 1. The number of hydrogen-bond donors (Lipinski definition) is 2. The second-order valence-corrected chi connectivity index (χ2v) is 5.86. The fraction of sp³-hybridized carbons (Fsp3) is 0.375. The molecule has 138 valence electrons.